The molecular formula is C66H46N2. The molecule has 12 aromatic rings. The third-order valence-electron chi connectivity index (χ3n) is 13.2. The number of benzene rings is 11. The summed E-state index contributed by atoms with van der Waals surface area (Å²) >= 11 is 0. The molecule has 68 heavy (non-hydrogen) atoms. The van der Waals surface area contributed by atoms with Crippen LogP contribution in [0.1, 0.15) is 0 Å². The summed E-state index contributed by atoms with van der Waals surface area (Å²) in [6.07, 6.45) is 0. The second kappa shape index (κ2) is 17.8. The molecule has 0 saturated carbocycles. The first-order valence-electron chi connectivity index (χ1n) is 23.3. The summed E-state index contributed by atoms with van der Waals surface area (Å²) in [7, 11) is 0. The Balaban J connectivity index is 0.886. The normalized spacial score (nSPS) is 11.2. The van der Waals surface area contributed by atoms with Gasteiger partial charge in [0, 0.05) is 33.5 Å². The summed E-state index contributed by atoms with van der Waals surface area (Å²) in [6, 6.07) is 101. The Bertz CT molecular complexity index is 3560. The number of rotatable bonds is 10. The summed E-state index contributed by atoms with van der Waals surface area (Å²) in [5.41, 5.74) is 21.1. The van der Waals surface area contributed by atoms with E-state index >= 15 is 0 Å². The topological polar surface area (TPSA) is 8.17 Å². The van der Waals surface area contributed by atoms with Gasteiger partial charge in [-0.05, 0) is 146 Å². The zero-order valence-electron chi connectivity index (χ0n) is 37.5. The first-order valence-corrected chi connectivity index (χ1v) is 23.3. The van der Waals surface area contributed by atoms with E-state index in [9.17, 15) is 0 Å². The van der Waals surface area contributed by atoms with E-state index in [2.05, 4.69) is 289 Å². The van der Waals surface area contributed by atoms with Crippen LogP contribution in [-0.2, 0) is 0 Å². The van der Waals surface area contributed by atoms with Gasteiger partial charge in [-0.1, -0.05) is 200 Å². The van der Waals surface area contributed by atoms with Crippen LogP contribution < -0.4 is 4.90 Å². The minimum absolute atomic E-state index is 1.08. The van der Waals surface area contributed by atoms with Gasteiger partial charge >= 0.3 is 0 Å². The van der Waals surface area contributed by atoms with E-state index in [1.165, 1.54) is 83.0 Å². The van der Waals surface area contributed by atoms with Crippen LogP contribution >= 0.6 is 0 Å². The molecule has 12 rings (SSSR count). The van der Waals surface area contributed by atoms with Crippen molar-refractivity contribution in [3.63, 3.8) is 0 Å². The third kappa shape index (κ3) is 7.85. The van der Waals surface area contributed by atoms with Gasteiger partial charge in [0.25, 0.3) is 0 Å². The van der Waals surface area contributed by atoms with Crippen molar-refractivity contribution in [2.24, 2.45) is 0 Å². The molecule has 0 N–H and O–H groups in total. The van der Waals surface area contributed by atoms with E-state index < -0.39 is 0 Å². The number of para-hydroxylation sites is 2. The van der Waals surface area contributed by atoms with Crippen LogP contribution in [0.15, 0.2) is 279 Å². The van der Waals surface area contributed by atoms with Crippen molar-refractivity contribution in [3.8, 4) is 72.4 Å². The van der Waals surface area contributed by atoms with E-state index in [1.807, 2.05) is 0 Å². The number of hydrogen-bond acceptors (Lipinski definition) is 1. The standard InChI is InChI=1S/C66H46N2/c1-4-15-47(16-5-1)52-19-12-21-54(43-52)49-29-36-60(37-30-49)67(61-38-31-50(32-39-61)55-22-13-20-53(44-55)48-17-6-2-7-18-48)62-40-33-51(34-41-62)56-23-14-24-57(45-56)58-35-42-64-63-27-10-11-28-65(63)68(66(64)46-58)59-25-8-3-9-26-59/h1-46H. The summed E-state index contributed by atoms with van der Waals surface area (Å²) < 4.78 is 2.39. The first-order chi connectivity index (χ1) is 33.7. The molecular weight excluding hydrogens is 821 g/mol. The highest BCUT2D eigenvalue weighted by molar-refractivity contribution is 6.10. The molecule has 0 aliphatic carbocycles. The molecule has 0 unspecified atom stereocenters. The molecule has 0 bridgehead atoms. The molecule has 0 amide bonds. The van der Waals surface area contributed by atoms with Gasteiger partial charge in [-0.2, -0.15) is 0 Å². The van der Waals surface area contributed by atoms with Crippen molar-refractivity contribution in [2.45, 2.75) is 0 Å². The lowest BCUT2D eigenvalue weighted by atomic mass is 9.97. The summed E-state index contributed by atoms with van der Waals surface area (Å²) in [6.45, 7) is 0. The van der Waals surface area contributed by atoms with E-state index in [1.54, 1.807) is 0 Å². The second-order valence-corrected chi connectivity index (χ2v) is 17.4. The molecule has 1 aromatic heterocycles. The Hall–Kier alpha value is -8.98. The maximum absolute atomic E-state index is 2.39. The van der Waals surface area contributed by atoms with Gasteiger partial charge in [-0.25, -0.2) is 0 Å². The van der Waals surface area contributed by atoms with Crippen LogP contribution in [-0.4, -0.2) is 4.57 Å². The van der Waals surface area contributed by atoms with E-state index in [-0.39, 0.29) is 0 Å². The van der Waals surface area contributed by atoms with Crippen molar-refractivity contribution in [2.75, 3.05) is 4.90 Å². The third-order valence-corrected chi connectivity index (χ3v) is 13.2. The Labute approximate surface area is 397 Å². The molecule has 0 aliphatic rings. The molecule has 0 atom stereocenters. The highest BCUT2D eigenvalue weighted by Gasteiger charge is 2.16. The number of fused-ring (bicyclic) bond motifs is 3. The maximum Gasteiger partial charge on any atom is 0.0547 e. The Morgan fingerprint density at radius 1 is 0.206 bits per heavy atom. The predicted octanol–water partition coefficient (Wildman–Crippen LogP) is 18.3. The van der Waals surface area contributed by atoms with Gasteiger partial charge < -0.3 is 9.47 Å². The molecule has 1 heterocycles. The van der Waals surface area contributed by atoms with Crippen LogP contribution in [0.3, 0.4) is 0 Å². The molecule has 0 spiro atoms. The molecule has 0 aliphatic heterocycles. The second-order valence-electron chi connectivity index (χ2n) is 17.4. The number of nitrogens with zero attached hydrogens (tertiary/aromatic N) is 2. The molecule has 0 fully saturated rings. The fourth-order valence-electron chi connectivity index (χ4n) is 9.76. The molecule has 2 heteroatoms. The monoisotopic (exact) mass is 866 g/mol. The molecule has 320 valence electrons. The zero-order valence-corrected chi connectivity index (χ0v) is 37.5. The van der Waals surface area contributed by atoms with E-state index in [0.29, 0.717) is 0 Å². The van der Waals surface area contributed by atoms with Gasteiger partial charge in [0.05, 0.1) is 11.0 Å². The Kier molecular flexibility index (Phi) is 10.6. The van der Waals surface area contributed by atoms with Crippen LogP contribution in [0.4, 0.5) is 17.1 Å². The SMILES string of the molecule is c1ccc(-c2cccc(-c3ccc(N(c4ccc(-c5cccc(-c6ccccc6)c5)cc4)c4ccc(-c5cccc(-c6ccc7c8ccccc8n(-c8ccccc8)c7c6)c5)cc4)cc3)c2)cc1. The van der Waals surface area contributed by atoms with Crippen LogP contribution in [0.25, 0.3) is 94.3 Å². The first kappa shape index (κ1) is 40.5. The zero-order chi connectivity index (χ0) is 45.2. The predicted molar refractivity (Wildman–Crippen MR) is 288 cm³/mol. The van der Waals surface area contributed by atoms with Gasteiger partial charge in [0.15, 0.2) is 0 Å². The maximum atomic E-state index is 2.39. The summed E-state index contributed by atoms with van der Waals surface area (Å²) in [4.78, 5) is 2.36. The van der Waals surface area contributed by atoms with Crippen molar-refractivity contribution in [1.29, 1.82) is 0 Å². The van der Waals surface area contributed by atoms with Crippen LogP contribution in [0.5, 0.6) is 0 Å². The highest BCUT2D eigenvalue weighted by Crippen LogP contribution is 2.40. The Morgan fingerprint density at radius 3 is 0.956 bits per heavy atom. The average molecular weight is 867 g/mol. The summed E-state index contributed by atoms with van der Waals surface area (Å²) in [5, 5.41) is 2.51. The highest BCUT2D eigenvalue weighted by atomic mass is 15.1. The molecule has 2 nitrogen and oxygen atoms in total. The average Bonchev–Trinajstić information content (AvgIpc) is 3.76. The lowest BCUT2D eigenvalue weighted by Crippen LogP contribution is -2.09. The van der Waals surface area contributed by atoms with Crippen molar-refractivity contribution < 1.29 is 0 Å². The lowest BCUT2D eigenvalue weighted by molar-refractivity contribution is 1.18. The number of aromatic nitrogens is 1. The van der Waals surface area contributed by atoms with Crippen molar-refractivity contribution in [3.05, 3.63) is 279 Å². The number of anilines is 3. The van der Waals surface area contributed by atoms with Gasteiger partial charge in [-0.15, -0.1) is 0 Å². The fourth-order valence-corrected chi connectivity index (χ4v) is 9.76. The van der Waals surface area contributed by atoms with Gasteiger partial charge in [-0.3, -0.25) is 0 Å². The van der Waals surface area contributed by atoms with Gasteiger partial charge in [0.2, 0.25) is 0 Å². The molecule has 11 aromatic carbocycles. The largest absolute Gasteiger partial charge is 0.311 e. The quantitative estimate of drug-likeness (QED) is 0.133. The molecule has 0 saturated heterocycles. The smallest absolute Gasteiger partial charge is 0.0547 e. The lowest BCUT2D eigenvalue weighted by Gasteiger charge is -2.26. The fraction of sp³-hybridized carbons (Fsp3) is 0. The van der Waals surface area contributed by atoms with Gasteiger partial charge in [0.1, 0.15) is 0 Å². The minimum Gasteiger partial charge on any atom is -0.311 e. The minimum atomic E-state index is 1.08. The summed E-state index contributed by atoms with van der Waals surface area (Å²) in [5.74, 6) is 0. The van der Waals surface area contributed by atoms with E-state index in [0.717, 1.165) is 28.3 Å². The van der Waals surface area contributed by atoms with Crippen LogP contribution in [0.2, 0.25) is 0 Å². The van der Waals surface area contributed by atoms with Crippen LogP contribution in [0, 0.1) is 0 Å². The molecule has 0 radical (unpaired) electrons. The number of hydrogen-bond donors (Lipinski definition) is 0. The van der Waals surface area contributed by atoms with Crippen molar-refractivity contribution in [1.82, 2.24) is 4.57 Å². The Morgan fingerprint density at radius 2 is 0.515 bits per heavy atom. The van der Waals surface area contributed by atoms with E-state index in [4.69, 9.17) is 0 Å². The van der Waals surface area contributed by atoms with Crippen molar-refractivity contribution >= 4 is 38.9 Å².